The molecular formula is C12H12BrF3N2O. The zero-order valence-electron chi connectivity index (χ0n) is 9.93. The maximum absolute atomic E-state index is 13.7. The SMILES string of the molecule is NC(=O)C1CCN(Cc2c(Br)cc(F)c(F)c2F)C1. The molecular weight excluding hydrogens is 325 g/mol. The average Bonchev–Trinajstić information content (AvgIpc) is 2.81. The summed E-state index contributed by atoms with van der Waals surface area (Å²) in [4.78, 5) is 12.8. The molecule has 3 nitrogen and oxygen atoms in total. The first-order chi connectivity index (χ1) is 8.90. The minimum Gasteiger partial charge on any atom is -0.369 e. The maximum atomic E-state index is 13.7. The molecule has 0 saturated carbocycles. The fraction of sp³-hybridized carbons (Fsp3) is 0.417. The van der Waals surface area contributed by atoms with Crippen LogP contribution in [0.15, 0.2) is 10.5 Å². The minimum atomic E-state index is -1.48. The van der Waals surface area contributed by atoms with E-state index >= 15 is 0 Å². The summed E-state index contributed by atoms with van der Waals surface area (Å²) in [5.74, 6) is -4.58. The summed E-state index contributed by atoms with van der Waals surface area (Å²) in [5.41, 5.74) is 5.24. The number of rotatable bonds is 3. The van der Waals surface area contributed by atoms with Gasteiger partial charge in [-0.05, 0) is 19.0 Å². The molecule has 1 amide bonds. The van der Waals surface area contributed by atoms with E-state index in [9.17, 15) is 18.0 Å². The van der Waals surface area contributed by atoms with Crippen LogP contribution in [0.4, 0.5) is 13.2 Å². The standard InChI is InChI=1S/C12H12BrF3N2O/c13-8-3-9(14)11(16)10(15)7(8)5-18-2-1-6(4-18)12(17)19/h3,6H,1-2,4-5H2,(H2,17,19). The van der Waals surface area contributed by atoms with Crippen molar-refractivity contribution >= 4 is 21.8 Å². The number of amides is 1. The van der Waals surface area contributed by atoms with Crippen molar-refractivity contribution in [3.8, 4) is 0 Å². The van der Waals surface area contributed by atoms with E-state index in [0.29, 0.717) is 19.5 Å². The van der Waals surface area contributed by atoms with E-state index in [1.165, 1.54) is 0 Å². The molecule has 0 spiro atoms. The Morgan fingerprint density at radius 3 is 2.68 bits per heavy atom. The zero-order chi connectivity index (χ0) is 14.2. The lowest BCUT2D eigenvalue weighted by atomic mass is 10.1. The lowest BCUT2D eigenvalue weighted by Gasteiger charge is -2.17. The molecule has 0 bridgehead atoms. The van der Waals surface area contributed by atoms with Gasteiger partial charge in [0.1, 0.15) is 0 Å². The Hall–Kier alpha value is -1.08. The second kappa shape index (κ2) is 5.50. The normalized spacial score (nSPS) is 19.9. The third-order valence-electron chi connectivity index (χ3n) is 3.27. The Morgan fingerprint density at radius 1 is 1.42 bits per heavy atom. The summed E-state index contributed by atoms with van der Waals surface area (Å²) in [6.07, 6.45) is 0.595. The van der Waals surface area contributed by atoms with Crippen molar-refractivity contribution < 1.29 is 18.0 Å². The van der Waals surface area contributed by atoms with Gasteiger partial charge in [0, 0.05) is 23.1 Å². The molecule has 1 saturated heterocycles. The first-order valence-electron chi connectivity index (χ1n) is 5.73. The van der Waals surface area contributed by atoms with Crippen LogP contribution < -0.4 is 5.73 Å². The van der Waals surface area contributed by atoms with Gasteiger partial charge in [0.25, 0.3) is 0 Å². The van der Waals surface area contributed by atoms with E-state index in [-0.39, 0.29) is 22.5 Å². The van der Waals surface area contributed by atoms with E-state index in [1.807, 2.05) is 0 Å². The molecule has 7 heteroatoms. The van der Waals surface area contributed by atoms with Crippen LogP contribution in [0, 0.1) is 23.4 Å². The number of nitrogens with zero attached hydrogens (tertiary/aromatic N) is 1. The van der Waals surface area contributed by atoms with Gasteiger partial charge in [0.15, 0.2) is 17.5 Å². The number of carbonyl (C=O) groups excluding carboxylic acids is 1. The van der Waals surface area contributed by atoms with E-state index < -0.39 is 23.4 Å². The Balaban J connectivity index is 2.17. The number of primary amides is 1. The lowest BCUT2D eigenvalue weighted by Crippen LogP contribution is -2.27. The van der Waals surface area contributed by atoms with Gasteiger partial charge in [-0.2, -0.15) is 0 Å². The first-order valence-corrected chi connectivity index (χ1v) is 6.53. The molecule has 104 valence electrons. The highest BCUT2D eigenvalue weighted by molar-refractivity contribution is 9.10. The third-order valence-corrected chi connectivity index (χ3v) is 3.97. The highest BCUT2D eigenvalue weighted by Crippen LogP contribution is 2.27. The Labute approximate surface area is 116 Å². The van der Waals surface area contributed by atoms with Gasteiger partial charge in [-0.3, -0.25) is 9.69 Å². The molecule has 1 fully saturated rings. The molecule has 0 radical (unpaired) electrons. The van der Waals surface area contributed by atoms with Gasteiger partial charge in [-0.15, -0.1) is 0 Å². The third kappa shape index (κ3) is 2.92. The van der Waals surface area contributed by atoms with Crippen LogP contribution in [0.3, 0.4) is 0 Å². The van der Waals surface area contributed by atoms with Crippen LogP contribution in [0.25, 0.3) is 0 Å². The van der Waals surface area contributed by atoms with Gasteiger partial charge in [-0.25, -0.2) is 13.2 Å². The molecule has 1 aromatic carbocycles. The molecule has 0 aromatic heterocycles. The van der Waals surface area contributed by atoms with Crippen LogP contribution in [-0.4, -0.2) is 23.9 Å². The lowest BCUT2D eigenvalue weighted by molar-refractivity contribution is -0.121. The fourth-order valence-corrected chi connectivity index (χ4v) is 2.68. The van der Waals surface area contributed by atoms with Crippen LogP contribution >= 0.6 is 15.9 Å². The smallest absolute Gasteiger partial charge is 0.221 e. The number of halogens is 4. The Morgan fingerprint density at radius 2 is 2.11 bits per heavy atom. The van der Waals surface area contributed by atoms with E-state index in [2.05, 4.69) is 15.9 Å². The molecule has 0 aliphatic carbocycles. The number of benzene rings is 1. The molecule has 2 N–H and O–H groups in total. The molecule has 2 rings (SSSR count). The van der Waals surface area contributed by atoms with Crippen molar-refractivity contribution in [2.24, 2.45) is 11.7 Å². The first kappa shape index (κ1) is 14.3. The van der Waals surface area contributed by atoms with Crippen molar-refractivity contribution in [2.45, 2.75) is 13.0 Å². The number of hydrogen-bond donors (Lipinski definition) is 1. The van der Waals surface area contributed by atoms with Gasteiger partial charge < -0.3 is 5.73 Å². The number of carbonyl (C=O) groups is 1. The molecule has 19 heavy (non-hydrogen) atoms. The van der Waals surface area contributed by atoms with Gasteiger partial charge in [0.2, 0.25) is 5.91 Å². The molecule has 1 atom stereocenters. The van der Waals surface area contributed by atoms with Crippen molar-refractivity contribution in [3.05, 3.63) is 33.6 Å². The largest absolute Gasteiger partial charge is 0.369 e. The highest BCUT2D eigenvalue weighted by Gasteiger charge is 2.28. The summed E-state index contributed by atoms with van der Waals surface area (Å²) >= 11 is 3.02. The predicted octanol–water partition coefficient (Wildman–Crippen LogP) is 2.17. The van der Waals surface area contributed by atoms with E-state index in [4.69, 9.17) is 5.73 Å². The van der Waals surface area contributed by atoms with Gasteiger partial charge in [0.05, 0.1) is 5.92 Å². The van der Waals surface area contributed by atoms with Crippen molar-refractivity contribution in [1.82, 2.24) is 4.90 Å². The second-order valence-electron chi connectivity index (χ2n) is 4.57. The van der Waals surface area contributed by atoms with Crippen LogP contribution in [0.5, 0.6) is 0 Å². The molecule has 1 aromatic rings. The summed E-state index contributed by atoms with van der Waals surface area (Å²) in [6.45, 7) is 1.08. The topological polar surface area (TPSA) is 46.3 Å². The summed E-state index contributed by atoms with van der Waals surface area (Å²) < 4.78 is 40.0. The quantitative estimate of drug-likeness (QED) is 0.679. The van der Waals surface area contributed by atoms with Gasteiger partial charge >= 0.3 is 0 Å². The second-order valence-corrected chi connectivity index (χ2v) is 5.42. The van der Waals surface area contributed by atoms with Crippen molar-refractivity contribution in [3.63, 3.8) is 0 Å². The fourth-order valence-electron chi connectivity index (χ4n) is 2.18. The molecule has 1 heterocycles. The highest BCUT2D eigenvalue weighted by atomic mass is 79.9. The van der Waals surface area contributed by atoms with Crippen LogP contribution in [0.2, 0.25) is 0 Å². The van der Waals surface area contributed by atoms with Crippen LogP contribution in [-0.2, 0) is 11.3 Å². The minimum absolute atomic E-state index is 0.0454. The van der Waals surface area contributed by atoms with Crippen molar-refractivity contribution in [1.29, 1.82) is 0 Å². The van der Waals surface area contributed by atoms with Gasteiger partial charge in [-0.1, -0.05) is 15.9 Å². The summed E-state index contributed by atoms with van der Waals surface area (Å²) in [7, 11) is 0. The molecule has 1 aliphatic heterocycles. The number of likely N-dealkylation sites (tertiary alicyclic amines) is 1. The maximum Gasteiger partial charge on any atom is 0.221 e. The monoisotopic (exact) mass is 336 g/mol. The average molecular weight is 337 g/mol. The Bertz CT molecular complexity index is 524. The molecule has 1 aliphatic rings. The van der Waals surface area contributed by atoms with E-state index in [0.717, 1.165) is 6.07 Å². The summed E-state index contributed by atoms with van der Waals surface area (Å²) in [6, 6.07) is 0.898. The number of hydrogen-bond acceptors (Lipinski definition) is 2. The van der Waals surface area contributed by atoms with Crippen LogP contribution in [0.1, 0.15) is 12.0 Å². The number of nitrogens with two attached hydrogens (primary N) is 1. The van der Waals surface area contributed by atoms with E-state index in [1.54, 1.807) is 4.90 Å². The van der Waals surface area contributed by atoms with Crippen molar-refractivity contribution in [2.75, 3.05) is 13.1 Å². The summed E-state index contributed by atoms with van der Waals surface area (Å²) in [5, 5.41) is 0. The molecule has 1 unspecified atom stereocenters. The predicted molar refractivity (Wildman–Crippen MR) is 66.6 cm³/mol. The Kier molecular flexibility index (Phi) is 4.15. The zero-order valence-corrected chi connectivity index (χ0v) is 11.5.